The van der Waals surface area contributed by atoms with Crippen LogP contribution >= 0.6 is 11.3 Å². The number of aryl methyl sites for hydroxylation is 1. The second kappa shape index (κ2) is 3.30. The SMILES string of the molecule is Cc1cc(S(=O)(=O)NC2CC2N)cs1. The van der Waals surface area contributed by atoms with Crippen molar-refractivity contribution in [3.63, 3.8) is 0 Å². The van der Waals surface area contributed by atoms with Gasteiger partial charge in [0.1, 0.15) is 0 Å². The number of sulfonamides is 1. The highest BCUT2D eigenvalue weighted by Gasteiger charge is 2.37. The molecule has 6 heteroatoms. The Morgan fingerprint density at radius 1 is 1.64 bits per heavy atom. The molecule has 0 saturated heterocycles. The molecule has 2 unspecified atom stereocenters. The van der Waals surface area contributed by atoms with Crippen molar-refractivity contribution in [1.82, 2.24) is 4.72 Å². The van der Waals surface area contributed by atoms with Gasteiger partial charge in [-0.3, -0.25) is 0 Å². The lowest BCUT2D eigenvalue weighted by molar-refractivity contribution is 0.580. The Bertz CT molecular complexity index is 438. The lowest BCUT2D eigenvalue weighted by atomic mass is 10.5. The van der Waals surface area contributed by atoms with Gasteiger partial charge in [0.2, 0.25) is 10.0 Å². The van der Waals surface area contributed by atoms with Crippen LogP contribution in [-0.2, 0) is 10.0 Å². The predicted molar refractivity (Wildman–Crippen MR) is 55.8 cm³/mol. The molecule has 0 spiro atoms. The Labute approximate surface area is 87.2 Å². The minimum absolute atomic E-state index is 0.00972. The lowest BCUT2D eigenvalue weighted by Crippen LogP contribution is -2.29. The number of hydrogen-bond donors (Lipinski definition) is 2. The Morgan fingerprint density at radius 2 is 2.29 bits per heavy atom. The van der Waals surface area contributed by atoms with E-state index in [9.17, 15) is 8.42 Å². The first-order valence-corrected chi connectivity index (χ1v) is 6.68. The molecule has 1 fully saturated rings. The number of hydrogen-bond acceptors (Lipinski definition) is 4. The summed E-state index contributed by atoms with van der Waals surface area (Å²) in [6.07, 6.45) is 0.738. The van der Waals surface area contributed by atoms with Crippen molar-refractivity contribution in [3.05, 3.63) is 16.3 Å². The summed E-state index contributed by atoms with van der Waals surface area (Å²) in [4.78, 5) is 1.34. The molecule has 0 aliphatic heterocycles. The van der Waals surface area contributed by atoms with E-state index in [4.69, 9.17) is 5.73 Å². The van der Waals surface area contributed by atoms with Crippen LogP contribution in [0, 0.1) is 6.92 Å². The Balaban J connectivity index is 2.16. The third-order valence-electron chi connectivity index (χ3n) is 2.16. The second-order valence-electron chi connectivity index (χ2n) is 3.52. The zero-order valence-corrected chi connectivity index (χ0v) is 9.36. The monoisotopic (exact) mass is 232 g/mol. The summed E-state index contributed by atoms with van der Waals surface area (Å²) in [5.41, 5.74) is 5.53. The van der Waals surface area contributed by atoms with Gasteiger partial charge in [0.25, 0.3) is 0 Å². The molecule has 0 radical (unpaired) electrons. The fourth-order valence-electron chi connectivity index (χ4n) is 1.18. The number of nitrogens with one attached hydrogen (secondary N) is 1. The molecule has 3 N–H and O–H groups in total. The summed E-state index contributed by atoms with van der Waals surface area (Å²) in [7, 11) is -3.33. The largest absolute Gasteiger partial charge is 0.326 e. The first kappa shape index (κ1) is 10.1. The van der Waals surface area contributed by atoms with E-state index in [2.05, 4.69) is 4.72 Å². The quantitative estimate of drug-likeness (QED) is 0.794. The molecule has 2 rings (SSSR count). The molecule has 78 valence electrons. The summed E-state index contributed by atoms with van der Waals surface area (Å²) in [6, 6.07) is 1.59. The topological polar surface area (TPSA) is 72.2 Å². The highest BCUT2D eigenvalue weighted by atomic mass is 32.2. The number of rotatable bonds is 3. The molecule has 1 aliphatic rings. The molecule has 0 aromatic carbocycles. The third-order valence-corrected chi connectivity index (χ3v) is 4.64. The summed E-state index contributed by atoms with van der Waals surface area (Å²) in [6.45, 7) is 1.88. The van der Waals surface area contributed by atoms with Crippen molar-refractivity contribution in [2.75, 3.05) is 0 Å². The van der Waals surface area contributed by atoms with E-state index in [1.54, 1.807) is 11.4 Å². The molecular weight excluding hydrogens is 220 g/mol. The Kier molecular flexibility index (Phi) is 2.38. The first-order valence-electron chi connectivity index (χ1n) is 4.32. The maximum absolute atomic E-state index is 11.7. The van der Waals surface area contributed by atoms with Crippen molar-refractivity contribution in [2.45, 2.75) is 30.3 Å². The van der Waals surface area contributed by atoms with E-state index in [0.717, 1.165) is 11.3 Å². The summed E-state index contributed by atoms with van der Waals surface area (Å²) >= 11 is 1.43. The molecule has 4 nitrogen and oxygen atoms in total. The maximum Gasteiger partial charge on any atom is 0.241 e. The number of thiophene rings is 1. The average molecular weight is 232 g/mol. The van der Waals surface area contributed by atoms with Crippen molar-refractivity contribution >= 4 is 21.4 Å². The smallest absolute Gasteiger partial charge is 0.241 e. The highest BCUT2D eigenvalue weighted by molar-refractivity contribution is 7.89. The molecule has 14 heavy (non-hydrogen) atoms. The molecular formula is C8H12N2O2S2. The van der Waals surface area contributed by atoms with Crippen LogP contribution in [0.2, 0.25) is 0 Å². The van der Waals surface area contributed by atoms with E-state index in [-0.39, 0.29) is 12.1 Å². The van der Waals surface area contributed by atoms with Crippen LogP contribution in [0.3, 0.4) is 0 Å². The molecule has 0 amide bonds. The van der Waals surface area contributed by atoms with Gasteiger partial charge in [-0.1, -0.05) is 0 Å². The van der Waals surface area contributed by atoms with Gasteiger partial charge >= 0.3 is 0 Å². The van der Waals surface area contributed by atoms with Gasteiger partial charge in [0, 0.05) is 22.3 Å². The van der Waals surface area contributed by atoms with Gasteiger partial charge < -0.3 is 5.73 Å². The van der Waals surface area contributed by atoms with E-state index >= 15 is 0 Å². The van der Waals surface area contributed by atoms with Gasteiger partial charge in [-0.05, 0) is 19.4 Å². The third kappa shape index (κ3) is 1.98. The highest BCUT2D eigenvalue weighted by Crippen LogP contribution is 2.23. The summed E-state index contributed by atoms with van der Waals surface area (Å²) in [5, 5.41) is 1.64. The van der Waals surface area contributed by atoms with Gasteiger partial charge in [0.05, 0.1) is 4.90 Å². The fraction of sp³-hybridized carbons (Fsp3) is 0.500. The minimum Gasteiger partial charge on any atom is -0.326 e. The molecule has 1 aliphatic carbocycles. The van der Waals surface area contributed by atoms with Gasteiger partial charge in [-0.2, -0.15) is 0 Å². The van der Waals surface area contributed by atoms with Crippen LogP contribution in [0.1, 0.15) is 11.3 Å². The van der Waals surface area contributed by atoms with Crippen LogP contribution in [0.4, 0.5) is 0 Å². The zero-order chi connectivity index (χ0) is 10.3. The Morgan fingerprint density at radius 3 is 2.71 bits per heavy atom. The molecule has 2 atom stereocenters. The second-order valence-corrected chi connectivity index (χ2v) is 6.35. The van der Waals surface area contributed by atoms with E-state index in [0.29, 0.717) is 4.90 Å². The zero-order valence-electron chi connectivity index (χ0n) is 7.73. The van der Waals surface area contributed by atoms with E-state index in [1.807, 2.05) is 6.92 Å². The summed E-state index contributed by atoms with van der Waals surface area (Å²) in [5.74, 6) is 0. The van der Waals surface area contributed by atoms with Crippen molar-refractivity contribution in [1.29, 1.82) is 0 Å². The maximum atomic E-state index is 11.7. The first-order chi connectivity index (χ1) is 6.49. The van der Waals surface area contributed by atoms with Crippen molar-refractivity contribution in [2.24, 2.45) is 5.73 Å². The van der Waals surface area contributed by atoms with Crippen molar-refractivity contribution in [3.8, 4) is 0 Å². The molecule has 1 heterocycles. The van der Waals surface area contributed by atoms with Crippen LogP contribution in [-0.4, -0.2) is 20.5 Å². The fourth-order valence-corrected chi connectivity index (χ4v) is 3.61. The van der Waals surface area contributed by atoms with Crippen LogP contribution < -0.4 is 10.5 Å². The molecule has 1 saturated carbocycles. The van der Waals surface area contributed by atoms with Crippen LogP contribution in [0.25, 0.3) is 0 Å². The normalized spacial score (nSPS) is 26.4. The molecule has 0 bridgehead atoms. The molecule has 1 aromatic rings. The van der Waals surface area contributed by atoms with Crippen LogP contribution in [0.5, 0.6) is 0 Å². The van der Waals surface area contributed by atoms with Gasteiger partial charge in [-0.15, -0.1) is 11.3 Å². The average Bonchev–Trinajstić information content (AvgIpc) is 2.61. The van der Waals surface area contributed by atoms with Gasteiger partial charge in [0.15, 0.2) is 0 Å². The Hall–Kier alpha value is -0.430. The lowest BCUT2D eigenvalue weighted by Gasteiger charge is -2.02. The van der Waals surface area contributed by atoms with Gasteiger partial charge in [-0.25, -0.2) is 13.1 Å². The van der Waals surface area contributed by atoms with E-state index in [1.165, 1.54) is 11.3 Å². The summed E-state index contributed by atoms with van der Waals surface area (Å²) < 4.78 is 25.9. The van der Waals surface area contributed by atoms with Crippen LogP contribution in [0.15, 0.2) is 16.3 Å². The van der Waals surface area contributed by atoms with Crippen molar-refractivity contribution < 1.29 is 8.42 Å². The predicted octanol–water partition coefficient (Wildman–Crippen LogP) is 0.434. The van der Waals surface area contributed by atoms with E-state index < -0.39 is 10.0 Å². The minimum atomic E-state index is -3.33. The number of nitrogens with two attached hydrogens (primary N) is 1. The standard InChI is InChI=1S/C8H12N2O2S2/c1-5-2-6(4-13-5)14(11,12)10-8-3-7(8)9/h2,4,7-8,10H,3,9H2,1H3. The molecule has 1 aromatic heterocycles.